The van der Waals surface area contributed by atoms with Crippen molar-refractivity contribution in [1.29, 1.82) is 0 Å². The first-order chi connectivity index (χ1) is 17.7. The van der Waals surface area contributed by atoms with E-state index < -0.39 is 5.91 Å². The first-order valence-electron chi connectivity index (χ1n) is 12.0. The molecule has 0 unspecified atom stereocenters. The molecule has 0 spiro atoms. The molecule has 0 bridgehead atoms. The first kappa shape index (κ1) is 22.7. The number of aromatic nitrogens is 4. The van der Waals surface area contributed by atoms with E-state index in [1.165, 1.54) is 18.9 Å². The van der Waals surface area contributed by atoms with Crippen LogP contribution in [0.4, 0.5) is 16.6 Å². The summed E-state index contributed by atoms with van der Waals surface area (Å²) >= 11 is 1.56. The predicted molar refractivity (Wildman–Crippen MR) is 136 cm³/mol. The van der Waals surface area contributed by atoms with Crippen LogP contribution >= 0.6 is 11.3 Å². The van der Waals surface area contributed by atoms with Crippen LogP contribution in [0.5, 0.6) is 5.88 Å². The topological polar surface area (TPSA) is 130 Å². The lowest BCUT2D eigenvalue weighted by molar-refractivity contribution is 0.102. The minimum absolute atomic E-state index is 0.0938. The molecule has 2 aliphatic rings. The molecule has 186 valence electrons. The van der Waals surface area contributed by atoms with Crippen LogP contribution < -0.4 is 15.1 Å². The fourth-order valence-electron chi connectivity index (χ4n) is 4.42. The highest BCUT2D eigenvalue weighted by Crippen LogP contribution is 2.36. The number of hydrogen-bond acceptors (Lipinski definition) is 11. The summed E-state index contributed by atoms with van der Waals surface area (Å²) in [4.78, 5) is 35.4. The number of thiazole rings is 1. The lowest BCUT2D eigenvalue weighted by Crippen LogP contribution is -2.36. The molecule has 2 aliphatic heterocycles. The van der Waals surface area contributed by atoms with E-state index in [0.29, 0.717) is 35.9 Å². The van der Waals surface area contributed by atoms with Gasteiger partial charge < -0.3 is 29.4 Å². The number of anilines is 3. The van der Waals surface area contributed by atoms with Gasteiger partial charge in [0.05, 0.1) is 29.2 Å². The molecular formula is C24H25N7O4S. The number of piperidine rings is 1. The second-order valence-corrected chi connectivity index (χ2v) is 9.70. The maximum Gasteiger partial charge on any atom is 0.277 e. The maximum absolute atomic E-state index is 13.2. The normalized spacial score (nSPS) is 16.4. The molecule has 4 aromatic rings. The van der Waals surface area contributed by atoms with E-state index in [1.54, 1.807) is 23.5 Å². The molecule has 11 nitrogen and oxygen atoms in total. The van der Waals surface area contributed by atoms with Crippen molar-refractivity contribution in [1.82, 2.24) is 19.9 Å². The number of oxazole rings is 1. The Balaban J connectivity index is 1.32. The number of carbonyl (C=O) groups excluding carboxylic acids is 1. The Bertz CT molecular complexity index is 1390. The zero-order valence-electron chi connectivity index (χ0n) is 19.5. The average Bonchev–Trinajstić information content (AvgIpc) is 3.57. The minimum Gasteiger partial charge on any atom is -0.493 e. The number of rotatable bonds is 5. The van der Waals surface area contributed by atoms with E-state index in [0.717, 1.165) is 48.9 Å². The van der Waals surface area contributed by atoms with Crippen LogP contribution in [0.25, 0.3) is 21.8 Å². The van der Waals surface area contributed by atoms with E-state index in [-0.39, 0.29) is 17.5 Å². The van der Waals surface area contributed by atoms with Gasteiger partial charge in [0.1, 0.15) is 6.26 Å². The number of hydrogen-bond donors (Lipinski definition) is 2. The van der Waals surface area contributed by atoms with Gasteiger partial charge in [0, 0.05) is 32.4 Å². The number of nitrogens with one attached hydrogen (secondary N) is 1. The summed E-state index contributed by atoms with van der Waals surface area (Å²) in [6, 6.07) is 5.22. The highest BCUT2D eigenvalue weighted by atomic mass is 32.1. The van der Waals surface area contributed by atoms with Crippen molar-refractivity contribution >= 4 is 44.2 Å². The second kappa shape index (κ2) is 9.70. The van der Waals surface area contributed by atoms with Crippen molar-refractivity contribution < 1.29 is 19.1 Å². The van der Waals surface area contributed by atoms with Gasteiger partial charge in [-0.1, -0.05) is 11.3 Å². The largest absolute Gasteiger partial charge is 0.493 e. The number of amides is 1. The van der Waals surface area contributed by atoms with Gasteiger partial charge in [0.2, 0.25) is 11.8 Å². The molecule has 1 amide bonds. The van der Waals surface area contributed by atoms with Gasteiger partial charge in [-0.25, -0.2) is 15.0 Å². The van der Waals surface area contributed by atoms with Gasteiger partial charge in [0.15, 0.2) is 22.3 Å². The van der Waals surface area contributed by atoms with Crippen LogP contribution in [0.3, 0.4) is 0 Å². The number of morpholine rings is 1. The van der Waals surface area contributed by atoms with Gasteiger partial charge in [0.25, 0.3) is 5.91 Å². The average molecular weight is 508 g/mol. The lowest BCUT2D eigenvalue weighted by Gasteiger charge is -2.29. The molecule has 6 rings (SSSR count). The lowest BCUT2D eigenvalue weighted by atomic mass is 10.1. The second-order valence-electron chi connectivity index (χ2n) is 8.69. The molecule has 2 fully saturated rings. The zero-order chi connectivity index (χ0) is 24.5. The Labute approximate surface area is 210 Å². The number of nitrogens with zero attached hydrogens (tertiary/aromatic N) is 6. The number of fused-ring (bicyclic) bond motifs is 1. The third-order valence-electron chi connectivity index (χ3n) is 6.29. The summed E-state index contributed by atoms with van der Waals surface area (Å²) < 4.78 is 11.8. The standard InChI is InChI=1S/C24H25N7O4S/c32-21-15(5-4-6-25-21)23-27-17(14-35-23)22(33)26-16-13-18-19(28-20(16)30-7-2-1-3-8-30)29-24(36-18)31-9-11-34-12-10-31/h4-6,13-14H,1-3,7-12H2,(H,25,32)(H,26,33). The molecule has 0 radical (unpaired) electrons. The van der Waals surface area contributed by atoms with Crippen LogP contribution in [0, 0.1) is 0 Å². The summed E-state index contributed by atoms with van der Waals surface area (Å²) in [7, 11) is 0. The number of ether oxygens (including phenoxy) is 1. The van der Waals surface area contributed by atoms with Crippen LogP contribution in [-0.4, -0.2) is 70.3 Å². The molecule has 0 atom stereocenters. The molecule has 6 heterocycles. The molecule has 2 N–H and O–H groups in total. The van der Waals surface area contributed by atoms with Crippen LogP contribution in [0.2, 0.25) is 0 Å². The smallest absolute Gasteiger partial charge is 0.277 e. The summed E-state index contributed by atoms with van der Waals surface area (Å²) in [5, 5.41) is 13.9. The Morgan fingerprint density at radius 3 is 2.69 bits per heavy atom. The van der Waals surface area contributed by atoms with Crippen molar-refractivity contribution in [2.24, 2.45) is 0 Å². The van der Waals surface area contributed by atoms with Gasteiger partial charge >= 0.3 is 0 Å². The molecule has 0 aliphatic carbocycles. The van der Waals surface area contributed by atoms with E-state index in [2.05, 4.69) is 25.1 Å². The molecule has 12 heteroatoms. The van der Waals surface area contributed by atoms with E-state index in [1.807, 2.05) is 6.07 Å². The summed E-state index contributed by atoms with van der Waals surface area (Å²) in [6.45, 7) is 4.69. The SMILES string of the molecule is O=C(Nc1cc2sc(N3CCOCC3)nc2nc1N1CCCCC1)c1coc(-c2cccnc2O)n1. The quantitative estimate of drug-likeness (QED) is 0.414. The van der Waals surface area contributed by atoms with E-state index in [4.69, 9.17) is 19.1 Å². The van der Waals surface area contributed by atoms with Gasteiger partial charge in [-0.2, -0.15) is 4.98 Å². The molecule has 2 saturated heterocycles. The Morgan fingerprint density at radius 1 is 1.06 bits per heavy atom. The van der Waals surface area contributed by atoms with Gasteiger partial charge in [-0.15, -0.1) is 0 Å². The minimum atomic E-state index is -0.425. The summed E-state index contributed by atoms with van der Waals surface area (Å²) in [5.74, 6) is 0.191. The van der Waals surface area contributed by atoms with Crippen LogP contribution in [-0.2, 0) is 4.74 Å². The van der Waals surface area contributed by atoms with Crippen molar-refractivity contribution in [3.8, 4) is 17.3 Å². The Hall–Kier alpha value is -3.77. The van der Waals surface area contributed by atoms with Gasteiger partial charge in [-0.3, -0.25) is 4.79 Å². The summed E-state index contributed by atoms with van der Waals surface area (Å²) in [5.41, 5.74) is 1.70. The molecule has 0 aromatic carbocycles. The molecule has 4 aromatic heterocycles. The zero-order valence-corrected chi connectivity index (χ0v) is 20.3. The van der Waals surface area contributed by atoms with Gasteiger partial charge in [-0.05, 0) is 37.5 Å². The highest BCUT2D eigenvalue weighted by Gasteiger charge is 2.23. The maximum atomic E-state index is 13.2. The number of carbonyl (C=O) groups is 1. The number of pyridine rings is 2. The monoisotopic (exact) mass is 507 g/mol. The fourth-order valence-corrected chi connectivity index (χ4v) is 5.42. The fraction of sp³-hybridized carbons (Fsp3) is 0.375. The molecular weight excluding hydrogens is 482 g/mol. The van der Waals surface area contributed by atoms with E-state index in [9.17, 15) is 9.90 Å². The van der Waals surface area contributed by atoms with Crippen LogP contribution in [0.1, 0.15) is 29.8 Å². The third-order valence-corrected chi connectivity index (χ3v) is 7.34. The Morgan fingerprint density at radius 2 is 1.89 bits per heavy atom. The third kappa shape index (κ3) is 4.44. The molecule has 36 heavy (non-hydrogen) atoms. The number of aromatic hydroxyl groups is 1. The predicted octanol–water partition coefficient (Wildman–Crippen LogP) is 3.53. The van der Waals surface area contributed by atoms with Crippen molar-refractivity contribution in [3.63, 3.8) is 0 Å². The summed E-state index contributed by atoms with van der Waals surface area (Å²) in [6.07, 6.45) is 6.06. The highest BCUT2D eigenvalue weighted by molar-refractivity contribution is 7.22. The van der Waals surface area contributed by atoms with E-state index >= 15 is 0 Å². The molecule has 0 saturated carbocycles. The van der Waals surface area contributed by atoms with Crippen molar-refractivity contribution in [2.45, 2.75) is 19.3 Å². The van der Waals surface area contributed by atoms with Crippen molar-refractivity contribution in [3.05, 3.63) is 36.4 Å². The van der Waals surface area contributed by atoms with Crippen molar-refractivity contribution in [2.75, 3.05) is 54.5 Å². The van der Waals surface area contributed by atoms with Crippen LogP contribution in [0.15, 0.2) is 35.1 Å². The Kier molecular flexibility index (Phi) is 6.11. The first-order valence-corrected chi connectivity index (χ1v) is 12.8.